The summed E-state index contributed by atoms with van der Waals surface area (Å²) in [5.74, 6) is 1.29. The monoisotopic (exact) mass is 337 g/mol. The highest BCUT2D eigenvalue weighted by Crippen LogP contribution is 2.19. The topological polar surface area (TPSA) is 72.6 Å². The Kier molecular flexibility index (Phi) is 4.05. The Labute approximate surface area is 145 Å². The molecular weight excluding hydrogens is 318 g/mol. The summed E-state index contributed by atoms with van der Waals surface area (Å²) in [6.45, 7) is 1.45. The van der Waals surface area contributed by atoms with Gasteiger partial charge >= 0.3 is 0 Å². The second kappa shape index (κ2) is 6.51. The summed E-state index contributed by atoms with van der Waals surface area (Å²) in [7, 11) is 1.57. The van der Waals surface area contributed by atoms with E-state index in [1.807, 2.05) is 17.0 Å². The normalized spacial score (nSPS) is 13.7. The van der Waals surface area contributed by atoms with Crippen molar-refractivity contribution in [3.8, 4) is 5.88 Å². The van der Waals surface area contributed by atoms with Gasteiger partial charge in [-0.1, -0.05) is 24.3 Å². The fraction of sp³-hybridized carbons (Fsp3) is 0.333. The minimum absolute atomic E-state index is 0.133. The number of hydrogen-bond donors (Lipinski definition) is 0. The Morgan fingerprint density at radius 1 is 1.16 bits per heavy atom. The number of carbonyl (C=O) groups excluding carboxylic acids is 1. The first-order valence-corrected chi connectivity index (χ1v) is 8.34. The maximum atomic E-state index is 12.6. The van der Waals surface area contributed by atoms with Gasteiger partial charge in [-0.05, 0) is 23.6 Å². The van der Waals surface area contributed by atoms with Gasteiger partial charge in [0.2, 0.25) is 11.8 Å². The fourth-order valence-electron chi connectivity index (χ4n) is 3.17. The van der Waals surface area contributed by atoms with Gasteiger partial charge in [-0.15, -0.1) is 15.3 Å². The molecule has 0 unspecified atom stereocenters. The Morgan fingerprint density at radius 2 is 2.00 bits per heavy atom. The zero-order valence-corrected chi connectivity index (χ0v) is 14.1. The highest BCUT2D eigenvalue weighted by Gasteiger charge is 2.21. The molecule has 0 aliphatic carbocycles. The third kappa shape index (κ3) is 3.05. The Hall–Kier alpha value is -2.96. The van der Waals surface area contributed by atoms with Crippen LogP contribution >= 0.6 is 0 Å². The molecule has 1 aliphatic heterocycles. The van der Waals surface area contributed by atoms with Crippen LogP contribution in [0.25, 0.3) is 5.65 Å². The molecule has 0 saturated heterocycles. The number of amides is 1. The predicted octanol–water partition coefficient (Wildman–Crippen LogP) is 1.65. The van der Waals surface area contributed by atoms with Gasteiger partial charge in [0.05, 0.1) is 7.11 Å². The van der Waals surface area contributed by atoms with Crippen molar-refractivity contribution in [2.75, 3.05) is 13.7 Å². The summed E-state index contributed by atoms with van der Waals surface area (Å²) in [6.07, 6.45) is 1.80. The number of hydrogen-bond acceptors (Lipinski definition) is 5. The molecule has 2 aromatic heterocycles. The van der Waals surface area contributed by atoms with E-state index in [-0.39, 0.29) is 5.91 Å². The van der Waals surface area contributed by atoms with Gasteiger partial charge in [0.25, 0.3) is 0 Å². The molecule has 3 aromatic rings. The molecule has 1 aliphatic rings. The van der Waals surface area contributed by atoms with Crippen LogP contribution in [0.2, 0.25) is 0 Å². The first-order chi connectivity index (χ1) is 12.2. The third-order valence-corrected chi connectivity index (χ3v) is 4.56. The number of rotatable bonds is 4. The van der Waals surface area contributed by atoms with E-state index >= 15 is 0 Å². The second-order valence-corrected chi connectivity index (χ2v) is 6.10. The van der Waals surface area contributed by atoms with E-state index in [4.69, 9.17) is 4.74 Å². The van der Waals surface area contributed by atoms with E-state index in [0.717, 1.165) is 13.0 Å². The number of methoxy groups -OCH3 is 1. The molecule has 4 rings (SSSR count). The highest BCUT2D eigenvalue weighted by molar-refractivity contribution is 5.76. The van der Waals surface area contributed by atoms with Crippen LogP contribution in [0.15, 0.2) is 36.4 Å². The third-order valence-electron chi connectivity index (χ3n) is 4.56. The fourth-order valence-corrected chi connectivity index (χ4v) is 3.17. The van der Waals surface area contributed by atoms with Crippen LogP contribution in [-0.4, -0.2) is 44.3 Å². The molecule has 1 aromatic carbocycles. The first-order valence-electron chi connectivity index (χ1n) is 8.34. The lowest BCUT2D eigenvalue weighted by molar-refractivity contribution is -0.132. The number of benzene rings is 1. The van der Waals surface area contributed by atoms with E-state index < -0.39 is 0 Å². The highest BCUT2D eigenvalue weighted by atomic mass is 16.5. The van der Waals surface area contributed by atoms with E-state index in [9.17, 15) is 4.79 Å². The van der Waals surface area contributed by atoms with Crippen molar-refractivity contribution in [2.24, 2.45) is 0 Å². The molecule has 0 atom stereocenters. The Bertz CT molecular complexity index is 921. The lowest BCUT2D eigenvalue weighted by atomic mass is 9.99. The quantitative estimate of drug-likeness (QED) is 0.724. The van der Waals surface area contributed by atoms with Crippen molar-refractivity contribution >= 4 is 11.6 Å². The van der Waals surface area contributed by atoms with Gasteiger partial charge in [-0.25, -0.2) is 0 Å². The molecule has 7 heteroatoms. The van der Waals surface area contributed by atoms with E-state index in [2.05, 4.69) is 27.4 Å². The summed E-state index contributed by atoms with van der Waals surface area (Å²) in [5.41, 5.74) is 3.22. The van der Waals surface area contributed by atoms with Crippen molar-refractivity contribution in [1.29, 1.82) is 0 Å². The molecule has 0 saturated carbocycles. The maximum Gasteiger partial charge on any atom is 0.231 e. The minimum atomic E-state index is 0.133. The number of nitrogens with zero attached hydrogens (tertiary/aromatic N) is 5. The zero-order valence-electron chi connectivity index (χ0n) is 14.1. The maximum absolute atomic E-state index is 12.6. The zero-order chi connectivity index (χ0) is 17.2. The first kappa shape index (κ1) is 15.6. The van der Waals surface area contributed by atoms with Gasteiger partial charge in [-0.2, -0.15) is 4.52 Å². The van der Waals surface area contributed by atoms with Gasteiger partial charge in [-0.3, -0.25) is 4.79 Å². The summed E-state index contributed by atoms with van der Waals surface area (Å²) < 4.78 is 6.77. The van der Waals surface area contributed by atoms with Crippen LogP contribution in [-0.2, 0) is 24.2 Å². The van der Waals surface area contributed by atoms with Crippen molar-refractivity contribution < 1.29 is 9.53 Å². The lowest BCUT2D eigenvalue weighted by Gasteiger charge is -2.28. The van der Waals surface area contributed by atoms with Crippen molar-refractivity contribution in [1.82, 2.24) is 24.7 Å². The lowest BCUT2D eigenvalue weighted by Crippen LogP contribution is -2.36. The van der Waals surface area contributed by atoms with Crippen LogP contribution in [0, 0.1) is 0 Å². The van der Waals surface area contributed by atoms with E-state index in [1.54, 1.807) is 23.8 Å². The molecule has 0 bridgehead atoms. The Balaban J connectivity index is 1.44. The van der Waals surface area contributed by atoms with Crippen LogP contribution in [0.5, 0.6) is 5.88 Å². The molecule has 0 fully saturated rings. The standard InChI is InChI=1S/C18H19N5O2/c1-25-17-8-6-15-19-20-16(23(15)21-17)7-9-18(24)22-11-10-13-4-2-3-5-14(13)12-22/h2-6,8H,7,9-12H2,1H3. The summed E-state index contributed by atoms with van der Waals surface area (Å²) in [5, 5.41) is 12.6. The average Bonchev–Trinajstić information content (AvgIpc) is 3.07. The summed E-state index contributed by atoms with van der Waals surface area (Å²) in [6, 6.07) is 11.8. The molecule has 1 amide bonds. The molecule has 0 spiro atoms. The molecular formula is C18H19N5O2. The smallest absolute Gasteiger partial charge is 0.231 e. The Morgan fingerprint density at radius 3 is 2.84 bits per heavy atom. The van der Waals surface area contributed by atoms with Gasteiger partial charge in [0.1, 0.15) is 0 Å². The van der Waals surface area contributed by atoms with Gasteiger partial charge in [0.15, 0.2) is 11.5 Å². The van der Waals surface area contributed by atoms with Crippen LogP contribution in [0.1, 0.15) is 23.4 Å². The number of aryl methyl sites for hydroxylation is 1. The average molecular weight is 337 g/mol. The largest absolute Gasteiger partial charge is 0.480 e. The molecule has 0 radical (unpaired) electrons. The predicted molar refractivity (Wildman–Crippen MR) is 91.2 cm³/mol. The van der Waals surface area contributed by atoms with Gasteiger partial charge < -0.3 is 9.64 Å². The minimum Gasteiger partial charge on any atom is -0.480 e. The molecule has 3 heterocycles. The molecule has 7 nitrogen and oxygen atoms in total. The van der Waals surface area contributed by atoms with E-state index in [1.165, 1.54) is 11.1 Å². The van der Waals surface area contributed by atoms with Crippen LogP contribution in [0.4, 0.5) is 0 Å². The number of carbonyl (C=O) groups is 1. The van der Waals surface area contributed by atoms with E-state index in [0.29, 0.717) is 36.7 Å². The van der Waals surface area contributed by atoms with Crippen molar-refractivity contribution in [3.05, 3.63) is 53.3 Å². The summed E-state index contributed by atoms with van der Waals surface area (Å²) >= 11 is 0. The van der Waals surface area contributed by atoms with Crippen LogP contribution < -0.4 is 4.74 Å². The summed E-state index contributed by atoms with van der Waals surface area (Å²) in [4.78, 5) is 14.5. The van der Waals surface area contributed by atoms with Crippen molar-refractivity contribution in [3.63, 3.8) is 0 Å². The van der Waals surface area contributed by atoms with Gasteiger partial charge in [0, 0.05) is 32.0 Å². The number of aromatic nitrogens is 4. The van der Waals surface area contributed by atoms with Crippen molar-refractivity contribution in [2.45, 2.75) is 25.8 Å². The number of ether oxygens (including phenoxy) is 1. The number of fused-ring (bicyclic) bond motifs is 2. The van der Waals surface area contributed by atoms with Crippen LogP contribution in [0.3, 0.4) is 0 Å². The SMILES string of the molecule is COc1ccc2nnc(CCC(=O)N3CCc4ccccc4C3)n2n1. The second-order valence-electron chi connectivity index (χ2n) is 6.10. The molecule has 0 N–H and O–H groups in total. The molecule has 25 heavy (non-hydrogen) atoms. The molecule has 128 valence electrons.